The molecule has 0 N–H and O–H groups in total. The molecule has 156 valence electrons. The van der Waals surface area contributed by atoms with Crippen LogP contribution < -0.4 is 0 Å². The Morgan fingerprint density at radius 3 is 1.68 bits per heavy atom. The summed E-state index contributed by atoms with van der Waals surface area (Å²) in [5, 5.41) is 0.0567. The highest BCUT2D eigenvalue weighted by molar-refractivity contribution is 6.29. The summed E-state index contributed by atoms with van der Waals surface area (Å²) in [4.78, 5) is 16.0. The van der Waals surface area contributed by atoms with Gasteiger partial charge in [0.05, 0.1) is 33.9 Å². The molecule has 0 radical (unpaired) electrons. The zero-order chi connectivity index (χ0) is 22.2. The van der Waals surface area contributed by atoms with Gasteiger partial charge in [-0.05, 0) is 62.4 Å². The molecule has 0 fully saturated rings. The Morgan fingerprint density at radius 1 is 0.645 bits per heavy atom. The lowest BCUT2D eigenvalue weighted by Crippen LogP contribution is -2.22. The van der Waals surface area contributed by atoms with Crippen molar-refractivity contribution in [1.29, 1.82) is 0 Å². The largest absolute Gasteiger partial charge is 0.252 e. The predicted molar refractivity (Wildman–Crippen MR) is 112 cm³/mol. The van der Waals surface area contributed by atoms with Crippen LogP contribution in [0.2, 0.25) is 5.15 Å². The maximum atomic E-state index is 14.3. The number of aromatic nitrogens is 4. The number of hydrogen-bond acceptors (Lipinski definition) is 4. The van der Waals surface area contributed by atoms with E-state index in [9.17, 15) is 13.2 Å². The van der Waals surface area contributed by atoms with E-state index < -0.39 is 23.3 Å². The van der Waals surface area contributed by atoms with E-state index in [0.29, 0.717) is 22.8 Å². The summed E-state index contributed by atoms with van der Waals surface area (Å²) in [6, 6.07) is 15.8. The van der Waals surface area contributed by atoms with E-state index in [1.807, 2.05) is 13.8 Å². The molecule has 31 heavy (non-hydrogen) atoms. The van der Waals surface area contributed by atoms with Gasteiger partial charge in [0.25, 0.3) is 0 Å². The van der Waals surface area contributed by atoms with Gasteiger partial charge >= 0.3 is 0 Å². The second-order valence-corrected chi connectivity index (χ2v) is 7.77. The van der Waals surface area contributed by atoms with Gasteiger partial charge in [0.1, 0.15) is 5.15 Å². The maximum absolute atomic E-state index is 14.3. The summed E-state index contributed by atoms with van der Waals surface area (Å²) >= 11 is 5.74. The summed E-state index contributed by atoms with van der Waals surface area (Å²) < 4.78 is 41.6. The van der Waals surface area contributed by atoms with E-state index in [1.165, 1.54) is 18.2 Å². The summed E-state index contributed by atoms with van der Waals surface area (Å²) in [5.74, 6) is -2.55. The van der Waals surface area contributed by atoms with Crippen LogP contribution in [0.25, 0.3) is 22.5 Å². The summed E-state index contributed by atoms with van der Waals surface area (Å²) in [5.41, 5.74) is 1.57. The Morgan fingerprint density at radius 2 is 1.16 bits per heavy atom. The number of halogens is 4. The Bertz CT molecular complexity index is 1180. The first-order chi connectivity index (χ1) is 14.8. The summed E-state index contributed by atoms with van der Waals surface area (Å²) in [7, 11) is 0. The first kappa shape index (κ1) is 20.9. The number of pyridine rings is 4. The van der Waals surface area contributed by atoms with E-state index in [4.69, 9.17) is 11.6 Å². The molecule has 0 atom stereocenters. The molecule has 0 aliphatic rings. The van der Waals surface area contributed by atoms with Crippen LogP contribution >= 0.6 is 11.6 Å². The van der Waals surface area contributed by atoms with Gasteiger partial charge in [-0.3, -0.25) is 9.97 Å². The summed E-state index contributed by atoms with van der Waals surface area (Å²) in [6.07, 6.45) is 0. The molecular weight excluding hydrogens is 425 g/mol. The van der Waals surface area contributed by atoms with E-state index >= 15 is 0 Å². The molecule has 0 aliphatic heterocycles. The molecule has 8 heteroatoms. The molecule has 0 saturated carbocycles. The monoisotopic (exact) mass is 440 g/mol. The fourth-order valence-electron chi connectivity index (χ4n) is 3.20. The van der Waals surface area contributed by atoms with Crippen molar-refractivity contribution in [3.05, 3.63) is 95.0 Å². The quantitative estimate of drug-likeness (QED) is 0.365. The minimum absolute atomic E-state index is 0.0567. The van der Waals surface area contributed by atoms with Crippen LogP contribution in [0.15, 0.2) is 60.7 Å². The molecule has 4 nitrogen and oxygen atoms in total. The van der Waals surface area contributed by atoms with Crippen molar-refractivity contribution in [3.8, 4) is 22.5 Å². The average Bonchev–Trinajstić information content (AvgIpc) is 2.74. The molecule has 0 unspecified atom stereocenters. The molecule has 0 saturated heterocycles. The topological polar surface area (TPSA) is 51.6 Å². The fourth-order valence-corrected chi connectivity index (χ4v) is 3.34. The number of nitrogens with zero attached hydrogens (tertiary/aromatic N) is 4. The van der Waals surface area contributed by atoms with Gasteiger partial charge in [0.2, 0.25) is 17.8 Å². The number of hydrogen-bond donors (Lipinski definition) is 0. The smallest absolute Gasteiger partial charge is 0.224 e. The first-order valence-electron chi connectivity index (χ1n) is 9.35. The van der Waals surface area contributed by atoms with Crippen LogP contribution in [0.1, 0.15) is 25.2 Å². The van der Waals surface area contributed by atoms with Gasteiger partial charge in [0.15, 0.2) is 0 Å². The maximum Gasteiger partial charge on any atom is 0.224 e. The number of rotatable bonds is 4. The molecule has 4 rings (SSSR count). The van der Waals surface area contributed by atoms with Crippen LogP contribution in [0.4, 0.5) is 13.2 Å². The van der Waals surface area contributed by atoms with E-state index in [0.717, 1.165) is 6.07 Å². The van der Waals surface area contributed by atoms with Crippen molar-refractivity contribution in [2.24, 2.45) is 0 Å². The summed E-state index contributed by atoms with van der Waals surface area (Å²) in [6.45, 7) is 3.81. The van der Waals surface area contributed by atoms with Crippen molar-refractivity contribution in [2.45, 2.75) is 19.3 Å². The highest BCUT2D eigenvalue weighted by atomic mass is 35.5. The molecule has 0 aromatic carbocycles. The molecular formula is C23H16ClF3N4. The van der Waals surface area contributed by atoms with Crippen LogP contribution in [-0.2, 0) is 5.41 Å². The van der Waals surface area contributed by atoms with Crippen molar-refractivity contribution in [3.63, 3.8) is 0 Å². The van der Waals surface area contributed by atoms with E-state index in [-0.39, 0.29) is 16.3 Å². The second kappa shape index (κ2) is 8.07. The van der Waals surface area contributed by atoms with Gasteiger partial charge in [-0.1, -0.05) is 23.7 Å². The van der Waals surface area contributed by atoms with E-state index in [1.54, 1.807) is 36.4 Å². The molecule has 0 amide bonds. The Labute approximate surface area is 181 Å². The molecule has 4 heterocycles. The van der Waals surface area contributed by atoms with Gasteiger partial charge < -0.3 is 0 Å². The molecule has 4 aromatic rings. The third-order valence-electron chi connectivity index (χ3n) is 4.96. The van der Waals surface area contributed by atoms with Gasteiger partial charge in [-0.2, -0.15) is 18.2 Å². The lowest BCUT2D eigenvalue weighted by atomic mass is 9.84. The van der Waals surface area contributed by atoms with Crippen LogP contribution in [-0.4, -0.2) is 19.9 Å². The first-order valence-corrected chi connectivity index (χ1v) is 9.73. The lowest BCUT2D eigenvalue weighted by molar-refractivity contribution is 0.514. The van der Waals surface area contributed by atoms with Crippen LogP contribution in [0, 0.1) is 17.8 Å². The highest BCUT2D eigenvalue weighted by Gasteiger charge is 2.27. The fraction of sp³-hybridized carbons (Fsp3) is 0.130. The third-order valence-corrected chi connectivity index (χ3v) is 5.17. The van der Waals surface area contributed by atoms with Crippen molar-refractivity contribution in [1.82, 2.24) is 19.9 Å². The predicted octanol–water partition coefficient (Wildman–Crippen LogP) is 6.00. The minimum Gasteiger partial charge on any atom is -0.252 e. The van der Waals surface area contributed by atoms with Gasteiger partial charge in [-0.15, -0.1) is 0 Å². The molecule has 0 aliphatic carbocycles. The Balaban J connectivity index is 1.75. The minimum atomic E-state index is -0.937. The zero-order valence-electron chi connectivity index (χ0n) is 16.6. The SMILES string of the molecule is CC(C)(c1cccc(-c2ccc(F)nc2F)n1)c1cccc(-c2ccc(Cl)nc2F)n1. The average molecular weight is 441 g/mol. The Kier molecular flexibility index (Phi) is 5.45. The molecule has 0 bridgehead atoms. The van der Waals surface area contributed by atoms with Gasteiger partial charge in [0, 0.05) is 5.41 Å². The van der Waals surface area contributed by atoms with Crippen molar-refractivity contribution < 1.29 is 13.2 Å². The van der Waals surface area contributed by atoms with Crippen molar-refractivity contribution in [2.75, 3.05) is 0 Å². The lowest BCUT2D eigenvalue weighted by Gasteiger charge is -2.24. The van der Waals surface area contributed by atoms with Crippen LogP contribution in [0.5, 0.6) is 0 Å². The molecule has 4 aromatic heterocycles. The Hall–Kier alpha value is -3.32. The highest BCUT2D eigenvalue weighted by Crippen LogP contribution is 2.32. The zero-order valence-corrected chi connectivity index (χ0v) is 17.3. The normalized spacial score (nSPS) is 11.5. The standard InChI is InChI=1S/C23H16ClF3N4/c1-23(2,17-7-3-5-15(28-17)13-9-11-19(24)30-21(13)26)18-8-4-6-16(29-18)14-10-12-20(25)31-22(14)27/h3-12H,1-2H3. The third kappa shape index (κ3) is 4.14. The second-order valence-electron chi connectivity index (χ2n) is 7.39. The van der Waals surface area contributed by atoms with Crippen molar-refractivity contribution >= 4 is 11.6 Å². The van der Waals surface area contributed by atoms with Crippen LogP contribution in [0.3, 0.4) is 0 Å². The molecule has 0 spiro atoms. The van der Waals surface area contributed by atoms with Gasteiger partial charge in [-0.25, -0.2) is 4.98 Å². The van der Waals surface area contributed by atoms with E-state index in [2.05, 4.69) is 19.9 Å².